The maximum absolute atomic E-state index is 14.7. The first-order valence-electron chi connectivity index (χ1n) is 30.3. The number of halogens is 1. The SMILES string of the molecule is CC[C@H]1OC(=O)[C@H](C)[C@@H](O[C@H]2C[C@@](C)(OC)[C@@H](OC(=O)CCOCCOCCNc3cc4c(=O)c(C(=O)O)cn(C5CC5)c4cc3Cl)[C@H](C)O2)C(C)[C@@H](O[C@@H]2O[C@H](C)C[C@H](N(C)C)[C@H]2O)[C@](C)(O)C[C@@H](C)/C(=N\OCOCCOC)[C@H](C)[C@@H](O)[C@]1(C)O. The highest BCUT2D eigenvalue weighted by atomic mass is 35.5. The summed E-state index contributed by atoms with van der Waals surface area (Å²) in [7, 11) is 6.69. The van der Waals surface area contributed by atoms with E-state index in [2.05, 4.69) is 10.5 Å². The van der Waals surface area contributed by atoms with Gasteiger partial charge in [-0.1, -0.05) is 44.5 Å². The number of nitrogens with zero attached hydrogens (tertiary/aromatic N) is 3. The maximum Gasteiger partial charge on any atom is 0.341 e. The van der Waals surface area contributed by atoms with Crippen molar-refractivity contribution in [1.29, 1.82) is 0 Å². The van der Waals surface area contributed by atoms with Crippen molar-refractivity contribution in [3.05, 3.63) is 39.1 Å². The number of carboxylic acids is 1. The van der Waals surface area contributed by atoms with Crippen LogP contribution >= 0.6 is 11.6 Å². The van der Waals surface area contributed by atoms with Crippen molar-refractivity contribution in [1.82, 2.24) is 9.47 Å². The van der Waals surface area contributed by atoms with Crippen LogP contribution in [0.3, 0.4) is 0 Å². The molecule has 6 N–H and O–H groups in total. The summed E-state index contributed by atoms with van der Waals surface area (Å²) < 4.78 is 68.7. The molecule has 1 aromatic heterocycles. The van der Waals surface area contributed by atoms with Gasteiger partial charge < -0.3 is 97.3 Å². The number of aliphatic hydroxyl groups is 4. The van der Waals surface area contributed by atoms with E-state index in [1.54, 1.807) is 67.5 Å². The third-order valence-corrected chi connectivity index (χ3v) is 17.8. The quantitative estimate of drug-likeness (QED) is 0.0301. The minimum absolute atomic E-state index is 0.0106. The van der Waals surface area contributed by atoms with Crippen molar-refractivity contribution in [2.24, 2.45) is 28.8 Å². The van der Waals surface area contributed by atoms with Crippen LogP contribution in [0.4, 0.5) is 5.69 Å². The molecule has 3 saturated heterocycles. The average Bonchev–Trinajstić information content (AvgIpc) is 1.91. The van der Waals surface area contributed by atoms with Gasteiger partial charge in [0.25, 0.3) is 0 Å². The summed E-state index contributed by atoms with van der Waals surface area (Å²) in [4.78, 5) is 60.6. The number of hydrogen-bond donors (Lipinski definition) is 6. The van der Waals surface area contributed by atoms with Crippen LogP contribution in [-0.2, 0) is 66.5 Å². The Balaban J connectivity index is 1.14. The first-order valence-corrected chi connectivity index (χ1v) is 30.7. The summed E-state index contributed by atoms with van der Waals surface area (Å²) in [5.41, 5.74) is -4.71. The number of rotatable bonds is 26. The molecule has 18 atom stereocenters. The van der Waals surface area contributed by atoms with Gasteiger partial charge in [0.05, 0.1) is 110 Å². The molecule has 25 nitrogen and oxygen atoms in total. The van der Waals surface area contributed by atoms with Crippen molar-refractivity contribution < 1.29 is 96.9 Å². The van der Waals surface area contributed by atoms with Crippen molar-refractivity contribution >= 4 is 51.8 Å². The van der Waals surface area contributed by atoms with Gasteiger partial charge >= 0.3 is 17.9 Å². The number of likely N-dealkylation sites (N-methyl/N-ethyl adjacent to an activating group) is 1. The lowest BCUT2D eigenvalue weighted by atomic mass is 9.73. The normalized spacial score (nSPS) is 35.2. The van der Waals surface area contributed by atoms with E-state index in [4.69, 9.17) is 68.5 Å². The molecular weight excluding hydrogens is 1160 g/mol. The summed E-state index contributed by atoms with van der Waals surface area (Å²) in [5, 5.41) is 67.0. The number of fused-ring (bicyclic) bond motifs is 1. The number of pyridine rings is 1. The van der Waals surface area contributed by atoms with E-state index < -0.39 is 119 Å². The van der Waals surface area contributed by atoms with E-state index in [1.807, 2.05) is 30.5 Å². The lowest BCUT2D eigenvalue weighted by Crippen LogP contribution is -2.61. The van der Waals surface area contributed by atoms with Crippen LogP contribution in [0, 0.1) is 23.7 Å². The largest absolute Gasteiger partial charge is 0.477 e. The Bertz CT molecular complexity index is 2670. The molecule has 0 spiro atoms. The van der Waals surface area contributed by atoms with Crippen LogP contribution in [0.1, 0.15) is 131 Å². The number of esters is 2. The van der Waals surface area contributed by atoms with E-state index in [-0.39, 0.29) is 100 Å². The predicted molar refractivity (Wildman–Crippen MR) is 320 cm³/mol. The fourth-order valence-electron chi connectivity index (χ4n) is 12.4. The summed E-state index contributed by atoms with van der Waals surface area (Å²) in [5.74, 6) is -6.40. The molecule has 87 heavy (non-hydrogen) atoms. The fraction of sp³-hybridized carbons (Fsp3) is 0.787. The molecule has 1 saturated carbocycles. The molecule has 2 aromatic rings. The third kappa shape index (κ3) is 18.1. The molecule has 494 valence electrons. The van der Waals surface area contributed by atoms with Gasteiger partial charge in [-0.3, -0.25) is 14.4 Å². The standard InChI is InChI=1S/C61H97ClN4O21/c1-15-46-61(10,75)53(70)35(4)49(64-81-32-80-23-22-76-13)33(2)29-59(8,74)54(87-58-51(69)45(65(11)12)26-34(3)82-58)36(5)52(37(6)57(73)84-46)86-48-30-60(9,77-14)55(38(7)83-48)85-47(67)18-20-78-24-25-79-21-19-63-43-27-40-44(28-42(43)62)66(39-16-17-39)31-41(50(40)68)56(71)72/h27-28,31,33-39,45-46,48,51-55,58,63,69-70,74-75H,15-26,29-30,32H2,1-14H3,(H,71,72)/b64-49+/t33-,34-,35+,36?,37-,38+,45+,46-,48+,51-,52+,53-,54-,55+,58+,59-,60-,61-/m1/s1. The molecule has 3 aliphatic heterocycles. The molecule has 1 aliphatic carbocycles. The molecule has 1 unspecified atom stereocenters. The molecule has 6 rings (SSSR count). The summed E-state index contributed by atoms with van der Waals surface area (Å²) >= 11 is 6.59. The molecule has 4 fully saturated rings. The summed E-state index contributed by atoms with van der Waals surface area (Å²) in [6.07, 6.45) is -7.51. The van der Waals surface area contributed by atoms with Crippen LogP contribution in [0.5, 0.6) is 0 Å². The zero-order chi connectivity index (χ0) is 64.3. The minimum Gasteiger partial charge on any atom is -0.477 e. The second-order valence-corrected chi connectivity index (χ2v) is 25.2. The van der Waals surface area contributed by atoms with Gasteiger partial charge in [-0.2, -0.15) is 0 Å². The number of aromatic carboxylic acids is 1. The van der Waals surface area contributed by atoms with Crippen molar-refractivity contribution in [3.63, 3.8) is 0 Å². The van der Waals surface area contributed by atoms with Gasteiger partial charge in [-0.25, -0.2) is 4.79 Å². The monoisotopic (exact) mass is 1260 g/mol. The average molecular weight is 1260 g/mol. The van der Waals surface area contributed by atoms with Crippen molar-refractivity contribution in [2.45, 2.75) is 204 Å². The number of oxime groups is 1. The second kappa shape index (κ2) is 31.7. The third-order valence-electron chi connectivity index (χ3n) is 17.5. The smallest absolute Gasteiger partial charge is 0.341 e. The summed E-state index contributed by atoms with van der Waals surface area (Å²) in [6, 6.07) is 2.96. The molecule has 1 aromatic carbocycles. The van der Waals surface area contributed by atoms with Crippen LogP contribution in [0.15, 0.2) is 28.3 Å². The number of carbonyl (C=O) groups is 3. The Kier molecular flexibility index (Phi) is 26.2. The number of carboxylic acid groups (broad SMARTS) is 1. The lowest BCUT2D eigenvalue weighted by Gasteiger charge is -2.49. The fourth-order valence-corrected chi connectivity index (χ4v) is 12.6. The number of aromatic nitrogens is 1. The maximum atomic E-state index is 14.7. The van der Waals surface area contributed by atoms with Crippen molar-refractivity contribution in [2.75, 3.05) is 86.6 Å². The number of anilines is 1. The van der Waals surface area contributed by atoms with Crippen LogP contribution in [0.25, 0.3) is 10.9 Å². The number of methoxy groups -OCH3 is 2. The lowest BCUT2D eigenvalue weighted by molar-refractivity contribution is -0.318. The molecule has 4 heterocycles. The van der Waals surface area contributed by atoms with Crippen LogP contribution < -0.4 is 10.7 Å². The number of benzene rings is 1. The zero-order valence-electron chi connectivity index (χ0n) is 53.1. The highest BCUT2D eigenvalue weighted by Gasteiger charge is 2.54. The Hall–Kier alpha value is -4.16. The Morgan fingerprint density at radius 1 is 0.885 bits per heavy atom. The Morgan fingerprint density at radius 2 is 1.56 bits per heavy atom. The topological polar surface area (TPSA) is 313 Å². The highest BCUT2D eigenvalue weighted by Crippen LogP contribution is 2.43. The molecule has 4 aliphatic rings. The molecule has 0 bridgehead atoms. The van der Waals surface area contributed by atoms with E-state index in [9.17, 15) is 44.7 Å². The first-order chi connectivity index (χ1) is 41.0. The first kappa shape index (κ1) is 71.9. The number of ether oxygens (including phenoxy) is 11. The van der Waals surface area contributed by atoms with Gasteiger partial charge in [0, 0.05) is 68.6 Å². The number of aliphatic hydroxyl groups excluding tert-OH is 2. The van der Waals surface area contributed by atoms with Gasteiger partial charge in [0.15, 0.2) is 18.7 Å². The number of nitrogens with one attached hydrogen (secondary N) is 1. The number of hydrogen-bond acceptors (Lipinski definition) is 23. The van der Waals surface area contributed by atoms with Gasteiger partial charge in [0.1, 0.15) is 29.0 Å². The highest BCUT2D eigenvalue weighted by molar-refractivity contribution is 6.34. The van der Waals surface area contributed by atoms with E-state index in [0.29, 0.717) is 35.8 Å². The van der Waals surface area contributed by atoms with Gasteiger partial charge in [-0.05, 0) is 99.9 Å². The number of cyclic esters (lactones) is 1. The second-order valence-electron chi connectivity index (χ2n) is 24.8. The predicted octanol–water partition coefficient (Wildman–Crippen LogP) is 5.30. The van der Waals surface area contributed by atoms with Crippen molar-refractivity contribution in [3.8, 4) is 0 Å². The van der Waals surface area contributed by atoms with Gasteiger partial charge in [0.2, 0.25) is 12.2 Å². The molecule has 0 radical (unpaired) electrons. The van der Waals surface area contributed by atoms with Crippen LogP contribution in [0.2, 0.25) is 5.02 Å². The minimum atomic E-state index is -2.04. The molecule has 0 amide bonds. The Morgan fingerprint density at radius 3 is 2.20 bits per heavy atom. The molecule has 26 heteroatoms. The van der Waals surface area contributed by atoms with Crippen LogP contribution in [-0.4, -0.2) is 224 Å². The zero-order valence-corrected chi connectivity index (χ0v) is 53.8. The number of carbonyl (C=O) groups excluding carboxylic acids is 2. The Labute approximate surface area is 515 Å². The van der Waals surface area contributed by atoms with E-state index in [1.165, 1.54) is 27.3 Å². The van der Waals surface area contributed by atoms with E-state index in [0.717, 1.165) is 12.8 Å². The summed E-state index contributed by atoms with van der Waals surface area (Å²) in [6.45, 7) is 17.9. The van der Waals surface area contributed by atoms with E-state index >= 15 is 0 Å². The van der Waals surface area contributed by atoms with Gasteiger partial charge in [-0.15, -0.1) is 0 Å². The molecular formula is C61H97ClN4O21.